The lowest BCUT2D eigenvalue weighted by molar-refractivity contribution is 0.277. The maximum Gasteiger partial charge on any atom is -0.00882 e. The molecule has 150 heavy (non-hydrogen) atoms. The van der Waals surface area contributed by atoms with Crippen molar-refractivity contribution in [1.82, 2.24) is 0 Å². The molecule has 3 aromatic rings. The highest BCUT2D eigenvalue weighted by Crippen LogP contribution is 2.49. The van der Waals surface area contributed by atoms with Crippen molar-refractivity contribution in [3.05, 3.63) is 124 Å². The molecule has 24 rings (SSSR count). The van der Waals surface area contributed by atoms with Crippen LogP contribution < -0.4 is 0 Å². The standard InChI is InChI=1S/9C9H16.3C9H8.21C2H6/c12*1-2-5-9-7-3-6-8(9)4-1;21*1-2/h9*8-9H,1-7H2;3*1-6H,7H2;21*1-2H3. The fourth-order valence-electron chi connectivity index (χ4n) is 27.8. The van der Waals surface area contributed by atoms with Crippen LogP contribution in [0.25, 0.3) is 18.2 Å². The van der Waals surface area contributed by atoms with Crippen molar-refractivity contribution in [3.63, 3.8) is 0 Å². The van der Waals surface area contributed by atoms with E-state index in [-0.39, 0.29) is 0 Å². The molecule has 0 heterocycles. The molecule has 0 amide bonds. The lowest BCUT2D eigenvalue weighted by Gasteiger charge is -2.24. The summed E-state index contributed by atoms with van der Waals surface area (Å²) in [6, 6.07) is 25.5. The Labute approximate surface area is 957 Å². The van der Waals surface area contributed by atoms with Gasteiger partial charge >= 0.3 is 0 Å². The topological polar surface area (TPSA) is 0 Å². The van der Waals surface area contributed by atoms with Crippen LogP contribution in [0.3, 0.4) is 0 Å². The minimum atomic E-state index is 1.12. The van der Waals surface area contributed by atoms with E-state index in [1.54, 1.807) is 231 Å². The smallest absolute Gasteiger partial charge is 0.00882 e. The maximum absolute atomic E-state index is 2.20. The average Bonchev–Trinajstić information content (AvgIpc) is 1.85. The first kappa shape index (κ1) is 164. The molecule has 0 N–H and O–H groups in total. The van der Waals surface area contributed by atoms with Crippen molar-refractivity contribution >= 4 is 18.2 Å². The molecule has 18 fully saturated rings. The van der Waals surface area contributed by atoms with E-state index in [0.717, 1.165) is 19.3 Å². The summed E-state index contributed by atoms with van der Waals surface area (Å²) in [6.07, 6.45) is 114. The van der Waals surface area contributed by atoms with Gasteiger partial charge in [-0.1, -0.05) is 805 Å². The van der Waals surface area contributed by atoms with E-state index in [1.165, 1.54) is 313 Å². The summed E-state index contributed by atoms with van der Waals surface area (Å²) in [6.45, 7) is 84.0. The molecule has 0 radical (unpaired) electrons. The van der Waals surface area contributed by atoms with Crippen LogP contribution in [0.1, 0.15) is 729 Å². The van der Waals surface area contributed by atoms with Gasteiger partial charge in [-0.05, 0) is 159 Å². The van der Waals surface area contributed by atoms with Gasteiger partial charge in [-0.3, -0.25) is 0 Å². The Morgan fingerprint density at radius 2 is 0.187 bits per heavy atom. The molecular weight excluding hydrogens is 1800 g/mol. The molecule has 3 aromatic carbocycles. The molecule has 0 bridgehead atoms. The second kappa shape index (κ2) is 131. The summed E-state index contributed by atoms with van der Waals surface area (Å²) in [5, 5.41) is 0. The summed E-state index contributed by atoms with van der Waals surface area (Å²) >= 11 is 0. The van der Waals surface area contributed by atoms with Crippen LogP contribution in [0, 0.1) is 107 Å². The molecule has 18 atom stereocenters. The van der Waals surface area contributed by atoms with E-state index in [9.17, 15) is 0 Å². The van der Waals surface area contributed by atoms with Gasteiger partial charge in [0.25, 0.3) is 0 Å². The molecule has 894 valence electrons. The molecule has 0 aromatic heterocycles. The fourth-order valence-corrected chi connectivity index (χ4v) is 27.8. The van der Waals surface area contributed by atoms with Gasteiger partial charge in [-0.15, -0.1) is 0 Å². The largest absolute Gasteiger partial charge is 0.0795 e. The van der Waals surface area contributed by atoms with Gasteiger partial charge < -0.3 is 0 Å². The summed E-state index contributed by atoms with van der Waals surface area (Å²) < 4.78 is 0. The quantitative estimate of drug-likeness (QED) is 0.210. The Hall–Kier alpha value is -3.12. The maximum atomic E-state index is 2.20. The van der Waals surface area contributed by atoms with Gasteiger partial charge in [0.1, 0.15) is 0 Å². The minimum absolute atomic E-state index is 1.12. The number of hydrogen-bond donors (Lipinski definition) is 0. The van der Waals surface area contributed by atoms with Crippen LogP contribution in [0.2, 0.25) is 0 Å². The zero-order valence-corrected chi connectivity index (χ0v) is 112. The molecule has 21 aliphatic carbocycles. The average molecular weight is 2100 g/mol. The molecule has 21 aliphatic rings. The van der Waals surface area contributed by atoms with Crippen molar-refractivity contribution in [3.8, 4) is 0 Å². The Morgan fingerprint density at radius 3 is 0.273 bits per heavy atom. The summed E-state index contributed by atoms with van der Waals surface area (Å²) in [5.74, 6) is 21.0. The summed E-state index contributed by atoms with van der Waals surface area (Å²) in [7, 11) is 0. The van der Waals surface area contributed by atoms with Crippen molar-refractivity contribution in [1.29, 1.82) is 0 Å². The highest BCUT2D eigenvalue weighted by Gasteiger charge is 2.36. The number of hydrogen-bond acceptors (Lipinski definition) is 0. The summed E-state index contributed by atoms with van der Waals surface area (Å²) in [5.41, 5.74) is 8.53. The van der Waals surface area contributed by atoms with E-state index in [4.69, 9.17) is 0 Å². The van der Waals surface area contributed by atoms with E-state index in [2.05, 4.69) is 109 Å². The van der Waals surface area contributed by atoms with Crippen LogP contribution in [0.5, 0.6) is 0 Å². The molecule has 0 spiro atoms. The van der Waals surface area contributed by atoms with Gasteiger partial charge in [-0.25, -0.2) is 0 Å². The molecule has 0 nitrogen and oxygen atoms in total. The third kappa shape index (κ3) is 74.3. The molecule has 18 saturated carbocycles. The van der Waals surface area contributed by atoms with Crippen molar-refractivity contribution in [2.75, 3.05) is 0 Å². The van der Waals surface area contributed by atoms with E-state index in [0.29, 0.717) is 0 Å². The molecule has 0 saturated heterocycles. The highest BCUT2D eigenvalue weighted by atomic mass is 14.4. The van der Waals surface area contributed by atoms with Crippen LogP contribution >= 0.6 is 0 Å². The Bertz CT molecular complexity index is 2390. The van der Waals surface area contributed by atoms with Crippen LogP contribution in [-0.2, 0) is 19.3 Å². The normalized spacial score (nSPS) is 26.4. The minimum Gasteiger partial charge on any atom is -0.0795 e. The van der Waals surface area contributed by atoms with Gasteiger partial charge in [0.05, 0.1) is 0 Å². The number of allylic oxidation sites excluding steroid dienone is 3. The van der Waals surface area contributed by atoms with E-state index < -0.39 is 0 Å². The Kier molecular flexibility index (Phi) is 144. The van der Waals surface area contributed by atoms with Crippen LogP contribution in [0.4, 0.5) is 0 Å². The van der Waals surface area contributed by atoms with E-state index in [1.807, 2.05) is 291 Å². The van der Waals surface area contributed by atoms with Crippen molar-refractivity contribution in [2.45, 2.75) is 715 Å². The van der Waals surface area contributed by atoms with Gasteiger partial charge in [0.15, 0.2) is 0 Å². The number of benzene rings is 3. The first-order chi connectivity index (χ1) is 74.6. The third-order valence-electron chi connectivity index (χ3n) is 34.0. The zero-order valence-electron chi connectivity index (χ0n) is 112. The lowest BCUT2D eigenvalue weighted by Crippen LogP contribution is -2.12. The lowest BCUT2D eigenvalue weighted by atomic mass is 9.82. The monoisotopic (exact) mass is 2100 g/mol. The second-order valence-electron chi connectivity index (χ2n) is 40.5. The third-order valence-corrected chi connectivity index (χ3v) is 34.0. The fraction of sp³-hybridized carbons (Fsp3) is 0.840. The Morgan fingerprint density at radius 1 is 0.107 bits per heavy atom. The molecular formula is C150H294. The SMILES string of the molecule is C1=Cc2ccccc2C1.C1=Cc2ccccc2C1.C1=Cc2ccccc2C1.C1CCC2CCCC2C1.C1CCC2CCCC2C1.C1CCC2CCCC2C1.C1CCC2CCCC2C1.C1CCC2CCCC2C1.C1CCC2CCCC2C1.C1CCC2CCCC2C1.C1CCC2CCCC2C1.C1CCC2CCCC2C1.CC.CC.CC.CC.CC.CC.CC.CC.CC.CC.CC.CC.CC.CC.CC.CC.CC.CC.CC.CC.CC. The number of fused-ring (bicyclic) bond motifs is 12. The molecule has 0 aliphatic heterocycles. The van der Waals surface area contributed by atoms with Gasteiger partial charge in [-0.2, -0.15) is 0 Å². The van der Waals surface area contributed by atoms with Crippen LogP contribution in [-0.4, -0.2) is 0 Å². The van der Waals surface area contributed by atoms with E-state index >= 15 is 0 Å². The Balaban J connectivity index is -0.000000200. The molecule has 18 unspecified atom stereocenters. The second-order valence-corrected chi connectivity index (χ2v) is 40.5. The number of rotatable bonds is 0. The van der Waals surface area contributed by atoms with Gasteiger partial charge in [0, 0.05) is 0 Å². The predicted molar refractivity (Wildman–Crippen MR) is 710 cm³/mol. The van der Waals surface area contributed by atoms with Gasteiger partial charge in [0.2, 0.25) is 0 Å². The zero-order chi connectivity index (χ0) is 115. The molecule has 0 heteroatoms. The first-order valence-electron chi connectivity index (χ1n) is 70.8. The summed E-state index contributed by atoms with van der Waals surface area (Å²) in [4.78, 5) is 0. The van der Waals surface area contributed by atoms with Crippen LogP contribution in [0.15, 0.2) is 91.0 Å². The van der Waals surface area contributed by atoms with Crippen molar-refractivity contribution < 1.29 is 0 Å². The predicted octanol–water partition coefficient (Wildman–Crippen LogP) is 55.1. The van der Waals surface area contributed by atoms with Crippen molar-refractivity contribution in [2.24, 2.45) is 107 Å². The first-order valence-corrected chi connectivity index (χ1v) is 70.8. The highest BCUT2D eigenvalue weighted by molar-refractivity contribution is 5.61.